The molecule has 0 fully saturated rings. The maximum atomic E-state index is 12.8. The number of nitrogens with zero attached hydrogens (tertiary/aromatic N) is 5. The summed E-state index contributed by atoms with van der Waals surface area (Å²) in [6.45, 7) is 3.57. The Morgan fingerprint density at radius 3 is 2.32 bits per heavy atom. The summed E-state index contributed by atoms with van der Waals surface area (Å²) < 4.78 is 43.8. The van der Waals surface area contributed by atoms with Crippen molar-refractivity contribution in [2.75, 3.05) is 19.5 Å². The van der Waals surface area contributed by atoms with Gasteiger partial charge in [-0.05, 0) is 19.9 Å². The van der Waals surface area contributed by atoms with Crippen LogP contribution in [0.2, 0.25) is 5.15 Å². The Morgan fingerprint density at radius 2 is 1.74 bits per heavy atom. The number of carbonyl (C=O) groups is 1. The maximum absolute atomic E-state index is 12.8. The van der Waals surface area contributed by atoms with Crippen molar-refractivity contribution < 1.29 is 27.4 Å². The van der Waals surface area contributed by atoms with Crippen molar-refractivity contribution in [3.63, 3.8) is 0 Å². The maximum Gasteiger partial charge on any atom is 0.335 e. The molecule has 13 nitrogen and oxygen atoms in total. The predicted octanol–water partition coefficient (Wildman–Crippen LogP) is 1.49. The lowest BCUT2D eigenvalue weighted by atomic mass is 10.5. The summed E-state index contributed by atoms with van der Waals surface area (Å²) in [5.74, 6) is 0.0849. The fourth-order valence-electron chi connectivity index (χ4n) is 2.36. The summed E-state index contributed by atoms with van der Waals surface area (Å²) in [7, 11) is -1.79. The highest BCUT2D eigenvalue weighted by Gasteiger charge is 2.28. The monoisotopic (exact) mass is 471 g/mol. The number of hydrogen-bond donors (Lipinski definition) is 2. The molecule has 0 saturated carbocycles. The van der Waals surface area contributed by atoms with Gasteiger partial charge in [-0.1, -0.05) is 11.6 Å². The summed E-state index contributed by atoms with van der Waals surface area (Å²) in [6.07, 6.45) is -0.201. The summed E-state index contributed by atoms with van der Waals surface area (Å²) in [4.78, 5) is 24.0. The van der Waals surface area contributed by atoms with E-state index in [2.05, 4.69) is 25.4 Å². The first-order chi connectivity index (χ1) is 14.6. The number of ether oxygens (including phenoxy) is 3. The molecule has 0 bridgehead atoms. The van der Waals surface area contributed by atoms with Crippen LogP contribution < -0.4 is 24.2 Å². The average Bonchev–Trinajstić information content (AvgIpc) is 3.02. The number of amides is 2. The highest BCUT2D eigenvalue weighted by Crippen LogP contribution is 2.23. The third-order valence-corrected chi connectivity index (χ3v) is 5.24. The molecule has 3 rings (SSSR count). The Bertz CT molecular complexity index is 1210. The fraction of sp³-hybridized carbons (Fsp3) is 0.312. The van der Waals surface area contributed by atoms with Crippen LogP contribution in [0.15, 0.2) is 23.2 Å². The number of anilines is 1. The zero-order valence-electron chi connectivity index (χ0n) is 16.8. The molecule has 0 radical (unpaired) electrons. The molecule has 3 heterocycles. The molecule has 3 aromatic heterocycles. The minimum absolute atomic E-state index is 0.0942. The van der Waals surface area contributed by atoms with Crippen molar-refractivity contribution in [1.82, 2.24) is 29.3 Å². The summed E-state index contributed by atoms with van der Waals surface area (Å²) in [6, 6.07) is 3.21. The van der Waals surface area contributed by atoms with E-state index in [0.717, 1.165) is 4.52 Å². The normalized spacial score (nSPS) is 11.4. The zero-order chi connectivity index (χ0) is 22.8. The SMILES string of the molecule is COc1cc(OC)nc(NC(=O)NS(=O)(=O)c2c(Cl)nc3ccc(OC(C)C)nn23)n1. The second kappa shape index (κ2) is 8.77. The minimum atomic E-state index is -4.50. The van der Waals surface area contributed by atoms with Crippen LogP contribution in [0.1, 0.15) is 13.8 Å². The van der Waals surface area contributed by atoms with Crippen LogP contribution in [0.25, 0.3) is 5.65 Å². The van der Waals surface area contributed by atoms with Crippen LogP contribution in [-0.4, -0.2) is 59.3 Å². The number of sulfonamides is 1. The van der Waals surface area contributed by atoms with Gasteiger partial charge in [0.2, 0.25) is 28.6 Å². The van der Waals surface area contributed by atoms with Gasteiger partial charge in [0, 0.05) is 6.07 Å². The van der Waals surface area contributed by atoms with Crippen molar-refractivity contribution in [3.8, 4) is 17.6 Å². The van der Waals surface area contributed by atoms with Gasteiger partial charge in [0.25, 0.3) is 10.0 Å². The molecule has 166 valence electrons. The van der Waals surface area contributed by atoms with E-state index in [1.54, 1.807) is 13.8 Å². The van der Waals surface area contributed by atoms with Crippen LogP contribution in [0, 0.1) is 0 Å². The average molecular weight is 472 g/mol. The quantitative estimate of drug-likeness (QED) is 0.516. The van der Waals surface area contributed by atoms with Gasteiger partial charge in [0.15, 0.2) is 10.8 Å². The zero-order valence-corrected chi connectivity index (χ0v) is 18.4. The summed E-state index contributed by atoms with van der Waals surface area (Å²) >= 11 is 6.01. The smallest absolute Gasteiger partial charge is 0.335 e. The highest BCUT2D eigenvalue weighted by molar-refractivity contribution is 7.90. The minimum Gasteiger partial charge on any atom is -0.481 e. The molecule has 2 N–H and O–H groups in total. The van der Waals surface area contributed by atoms with E-state index < -0.39 is 21.1 Å². The van der Waals surface area contributed by atoms with E-state index in [0.29, 0.717) is 0 Å². The van der Waals surface area contributed by atoms with E-state index in [1.165, 1.54) is 32.4 Å². The molecule has 0 saturated heterocycles. The molecule has 0 aliphatic rings. The number of methoxy groups -OCH3 is 2. The Labute approximate surface area is 181 Å². The topological polar surface area (TPSA) is 159 Å². The second-order valence-electron chi connectivity index (χ2n) is 6.15. The number of nitrogens with one attached hydrogen (secondary N) is 2. The molecule has 31 heavy (non-hydrogen) atoms. The van der Waals surface area contributed by atoms with Crippen LogP contribution in [0.4, 0.5) is 10.7 Å². The van der Waals surface area contributed by atoms with Gasteiger partial charge in [-0.15, -0.1) is 5.10 Å². The van der Waals surface area contributed by atoms with Gasteiger partial charge in [-0.25, -0.2) is 14.5 Å². The van der Waals surface area contributed by atoms with E-state index in [9.17, 15) is 13.2 Å². The van der Waals surface area contributed by atoms with Gasteiger partial charge in [-0.2, -0.15) is 22.9 Å². The summed E-state index contributed by atoms with van der Waals surface area (Å²) in [5.41, 5.74) is 0.141. The van der Waals surface area contributed by atoms with Crippen LogP contribution in [0.3, 0.4) is 0 Å². The predicted molar refractivity (Wildman–Crippen MR) is 108 cm³/mol. The molecule has 15 heteroatoms. The van der Waals surface area contributed by atoms with Gasteiger partial charge < -0.3 is 14.2 Å². The number of fused-ring (bicyclic) bond motifs is 1. The van der Waals surface area contributed by atoms with Crippen LogP contribution in [-0.2, 0) is 10.0 Å². The molecule has 0 aromatic carbocycles. The standard InChI is InChI=1S/C16H18ClN7O6S/c1-8(2)30-10-6-5-9-18-13(17)14(24(9)22-10)31(26,27)23-16(25)21-15-19-11(28-3)7-12(20-15)29-4/h5-8H,1-4H3,(H2,19,20,21,23,25). The molecular formula is C16H18ClN7O6S. The van der Waals surface area contributed by atoms with Crippen molar-refractivity contribution in [3.05, 3.63) is 23.4 Å². The van der Waals surface area contributed by atoms with Crippen molar-refractivity contribution in [1.29, 1.82) is 0 Å². The van der Waals surface area contributed by atoms with E-state index in [4.69, 9.17) is 25.8 Å². The van der Waals surface area contributed by atoms with E-state index in [1.807, 2.05) is 4.72 Å². The van der Waals surface area contributed by atoms with Crippen molar-refractivity contribution >= 4 is 39.3 Å². The number of hydrogen-bond acceptors (Lipinski definition) is 10. The Kier molecular flexibility index (Phi) is 6.31. The third kappa shape index (κ3) is 5.03. The van der Waals surface area contributed by atoms with E-state index in [-0.39, 0.29) is 40.5 Å². The highest BCUT2D eigenvalue weighted by atomic mass is 35.5. The molecule has 0 aliphatic carbocycles. The molecule has 0 aliphatic heterocycles. The largest absolute Gasteiger partial charge is 0.481 e. The third-order valence-electron chi connectivity index (χ3n) is 3.53. The molecule has 0 spiro atoms. The first kappa shape index (κ1) is 22.3. The van der Waals surface area contributed by atoms with Gasteiger partial charge in [0.1, 0.15) is 0 Å². The Morgan fingerprint density at radius 1 is 1.10 bits per heavy atom. The second-order valence-corrected chi connectivity index (χ2v) is 8.11. The Hall–Kier alpha value is -3.39. The number of urea groups is 1. The van der Waals surface area contributed by atoms with Crippen LogP contribution >= 0.6 is 11.6 Å². The van der Waals surface area contributed by atoms with Crippen molar-refractivity contribution in [2.45, 2.75) is 25.0 Å². The van der Waals surface area contributed by atoms with E-state index >= 15 is 0 Å². The lowest BCUT2D eigenvalue weighted by Crippen LogP contribution is -2.35. The van der Waals surface area contributed by atoms with Crippen LogP contribution in [0.5, 0.6) is 17.6 Å². The number of rotatable bonds is 7. The van der Waals surface area contributed by atoms with Gasteiger partial charge >= 0.3 is 6.03 Å². The van der Waals surface area contributed by atoms with Gasteiger partial charge in [0.05, 0.1) is 26.4 Å². The lowest BCUT2D eigenvalue weighted by Gasteiger charge is -2.10. The molecular weight excluding hydrogens is 454 g/mol. The lowest BCUT2D eigenvalue weighted by molar-refractivity contribution is 0.228. The summed E-state index contributed by atoms with van der Waals surface area (Å²) in [5, 5.41) is 5.34. The molecule has 0 unspecified atom stereocenters. The van der Waals surface area contributed by atoms with Crippen molar-refractivity contribution in [2.24, 2.45) is 0 Å². The van der Waals surface area contributed by atoms with Gasteiger partial charge in [-0.3, -0.25) is 5.32 Å². The molecule has 0 atom stereocenters. The molecule has 2 amide bonds. The fourth-order valence-corrected chi connectivity index (χ4v) is 3.86. The number of halogens is 1. The first-order valence-corrected chi connectivity index (χ1v) is 10.5. The first-order valence-electron chi connectivity index (χ1n) is 8.65. The Balaban J connectivity index is 1.89. The number of aromatic nitrogens is 5. The number of imidazole rings is 1. The number of carbonyl (C=O) groups excluding carboxylic acids is 1. The molecule has 3 aromatic rings.